The Morgan fingerprint density at radius 2 is 1.63 bits per heavy atom. The number of ether oxygens (including phenoxy) is 2. The van der Waals surface area contributed by atoms with E-state index >= 15 is 0 Å². The van der Waals surface area contributed by atoms with Crippen molar-refractivity contribution >= 4 is 40.8 Å². The van der Waals surface area contributed by atoms with Gasteiger partial charge in [0.1, 0.15) is 0 Å². The van der Waals surface area contributed by atoms with E-state index in [9.17, 15) is 14.4 Å². The summed E-state index contributed by atoms with van der Waals surface area (Å²) in [5.41, 5.74) is 6.11. The number of aryl methyl sites for hydroxylation is 2. The second-order valence-corrected chi connectivity index (χ2v) is 8.09. The zero-order chi connectivity index (χ0) is 25.5. The van der Waals surface area contributed by atoms with Crippen molar-refractivity contribution in [2.75, 3.05) is 12.4 Å². The van der Waals surface area contributed by atoms with E-state index < -0.39 is 17.8 Å². The summed E-state index contributed by atoms with van der Waals surface area (Å²) in [4.78, 5) is 36.8. The van der Waals surface area contributed by atoms with Gasteiger partial charge in [-0.25, -0.2) is 10.2 Å². The predicted molar refractivity (Wildman–Crippen MR) is 134 cm³/mol. The summed E-state index contributed by atoms with van der Waals surface area (Å²) >= 11 is 5.93. The second-order valence-electron chi connectivity index (χ2n) is 7.66. The number of nitrogens with one attached hydrogen (secondary N) is 2. The average Bonchev–Trinajstić information content (AvgIpc) is 2.84. The van der Waals surface area contributed by atoms with Crippen LogP contribution < -0.4 is 20.2 Å². The van der Waals surface area contributed by atoms with Gasteiger partial charge >= 0.3 is 17.8 Å². The number of carbonyl (C=O) groups is 3. The quantitative estimate of drug-likeness (QED) is 0.171. The summed E-state index contributed by atoms with van der Waals surface area (Å²) in [6.45, 7) is 5.51. The standard InChI is InChI=1S/C26H24ClN3O5/c1-15-8-10-21(12-16(15)2)28-24(31)25(32)30-29-17(3)18-9-11-22(23(14-18)34-4)35-26(33)19-6-5-7-20(27)13-19/h5-14H,1-4H3,(H,28,31)(H,30,32)/b29-17+. The van der Waals surface area contributed by atoms with Crippen molar-refractivity contribution in [1.82, 2.24) is 5.43 Å². The maximum absolute atomic E-state index is 12.4. The van der Waals surface area contributed by atoms with Gasteiger partial charge in [-0.15, -0.1) is 0 Å². The van der Waals surface area contributed by atoms with Gasteiger partial charge < -0.3 is 14.8 Å². The van der Waals surface area contributed by atoms with Gasteiger partial charge in [-0.2, -0.15) is 5.10 Å². The van der Waals surface area contributed by atoms with E-state index in [1.165, 1.54) is 13.2 Å². The van der Waals surface area contributed by atoms with Crippen molar-refractivity contribution in [2.45, 2.75) is 20.8 Å². The minimum atomic E-state index is -0.915. The molecule has 0 saturated heterocycles. The van der Waals surface area contributed by atoms with Crippen molar-refractivity contribution in [2.24, 2.45) is 5.10 Å². The summed E-state index contributed by atoms with van der Waals surface area (Å²) < 4.78 is 10.8. The van der Waals surface area contributed by atoms with E-state index in [0.29, 0.717) is 27.5 Å². The lowest BCUT2D eigenvalue weighted by Crippen LogP contribution is -2.33. The molecule has 2 amide bonds. The summed E-state index contributed by atoms with van der Waals surface area (Å²) in [5.74, 6) is -1.87. The van der Waals surface area contributed by atoms with E-state index in [0.717, 1.165) is 11.1 Å². The fourth-order valence-electron chi connectivity index (χ4n) is 3.01. The number of hydrogen-bond donors (Lipinski definition) is 2. The molecular formula is C26H24ClN3O5. The molecule has 0 unspecified atom stereocenters. The molecule has 2 N–H and O–H groups in total. The number of benzene rings is 3. The summed E-state index contributed by atoms with van der Waals surface area (Å²) in [7, 11) is 1.43. The number of rotatable bonds is 6. The van der Waals surface area contributed by atoms with Crippen LogP contribution in [-0.2, 0) is 9.59 Å². The van der Waals surface area contributed by atoms with Crippen LogP contribution in [0.1, 0.15) is 34.0 Å². The number of nitrogens with zero attached hydrogens (tertiary/aromatic N) is 1. The fraction of sp³-hybridized carbons (Fsp3) is 0.154. The first-order valence-electron chi connectivity index (χ1n) is 10.6. The topological polar surface area (TPSA) is 106 Å². The van der Waals surface area contributed by atoms with Gasteiger partial charge in [0, 0.05) is 16.3 Å². The van der Waals surface area contributed by atoms with Crippen LogP contribution in [0.5, 0.6) is 11.5 Å². The van der Waals surface area contributed by atoms with Crippen LogP contribution in [0.15, 0.2) is 65.8 Å². The Bertz CT molecular complexity index is 1320. The van der Waals surface area contributed by atoms with Gasteiger partial charge in [-0.3, -0.25) is 9.59 Å². The Morgan fingerprint density at radius 3 is 2.31 bits per heavy atom. The van der Waals surface area contributed by atoms with Gasteiger partial charge in [0.2, 0.25) is 0 Å². The lowest BCUT2D eigenvalue weighted by molar-refractivity contribution is -0.136. The Balaban J connectivity index is 1.66. The monoisotopic (exact) mass is 493 g/mol. The van der Waals surface area contributed by atoms with Crippen LogP contribution in [0, 0.1) is 13.8 Å². The highest BCUT2D eigenvalue weighted by molar-refractivity contribution is 6.39. The zero-order valence-corrected chi connectivity index (χ0v) is 20.4. The molecule has 9 heteroatoms. The van der Waals surface area contributed by atoms with Crippen molar-refractivity contribution in [3.8, 4) is 11.5 Å². The second kappa shape index (κ2) is 11.3. The number of hydrogen-bond acceptors (Lipinski definition) is 6. The van der Waals surface area contributed by atoms with Gasteiger partial charge in [0.25, 0.3) is 0 Å². The molecule has 3 aromatic rings. The molecular weight excluding hydrogens is 470 g/mol. The molecule has 0 aliphatic carbocycles. The molecule has 0 aliphatic heterocycles. The molecule has 0 radical (unpaired) electrons. The maximum Gasteiger partial charge on any atom is 0.343 e. The number of amides is 2. The van der Waals surface area contributed by atoms with Gasteiger partial charge in [0.15, 0.2) is 11.5 Å². The lowest BCUT2D eigenvalue weighted by atomic mass is 10.1. The minimum Gasteiger partial charge on any atom is -0.493 e. The van der Waals surface area contributed by atoms with Crippen LogP contribution in [0.3, 0.4) is 0 Å². The molecule has 0 spiro atoms. The molecule has 0 bridgehead atoms. The van der Waals surface area contributed by atoms with E-state index in [4.69, 9.17) is 21.1 Å². The third-order valence-electron chi connectivity index (χ3n) is 5.14. The number of hydrazone groups is 1. The van der Waals surface area contributed by atoms with E-state index in [1.54, 1.807) is 55.5 Å². The number of esters is 1. The molecule has 3 aromatic carbocycles. The molecule has 0 heterocycles. The maximum atomic E-state index is 12.4. The van der Waals surface area contributed by atoms with Gasteiger partial charge in [0.05, 0.1) is 18.4 Å². The molecule has 8 nitrogen and oxygen atoms in total. The third kappa shape index (κ3) is 6.68. The number of anilines is 1. The van der Waals surface area contributed by atoms with Crippen molar-refractivity contribution in [3.63, 3.8) is 0 Å². The normalized spacial score (nSPS) is 10.9. The molecule has 180 valence electrons. The van der Waals surface area contributed by atoms with Crippen LogP contribution >= 0.6 is 11.6 Å². The van der Waals surface area contributed by atoms with Crippen molar-refractivity contribution in [1.29, 1.82) is 0 Å². The highest BCUT2D eigenvalue weighted by Gasteiger charge is 2.16. The lowest BCUT2D eigenvalue weighted by Gasteiger charge is -2.11. The average molecular weight is 494 g/mol. The molecule has 0 fully saturated rings. The molecule has 0 aliphatic rings. The van der Waals surface area contributed by atoms with E-state index in [2.05, 4.69) is 15.8 Å². The van der Waals surface area contributed by atoms with Crippen molar-refractivity contribution in [3.05, 3.63) is 87.9 Å². The number of carbonyl (C=O) groups excluding carboxylic acids is 3. The number of methoxy groups -OCH3 is 1. The summed E-state index contributed by atoms with van der Waals surface area (Å²) in [6.07, 6.45) is 0. The van der Waals surface area contributed by atoms with E-state index in [1.807, 2.05) is 19.9 Å². The smallest absolute Gasteiger partial charge is 0.343 e. The van der Waals surface area contributed by atoms with Gasteiger partial charge in [-0.05, 0) is 80.4 Å². The Kier molecular flexibility index (Phi) is 8.22. The van der Waals surface area contributed by atoms with E-state index in [-0.39, 0.29) is 11.5 Å². The third-order valence-corrected chi connectivity index (χ3v) is 5.38. The van der Waals surface area contributed by atoms with Crippen LogP contribution in [0.4, 0.5) is 5.69 Å². The first kappa shape index (κ1) is 25.5. The Morgan fingerprint density at radius 1 is 0.857 bits per heavy atom. The molecule has 35 heavy (non-hydrogen) atoms. The Hall–Kier alpha value is -4.17. The molecule has 3 rings (SSSR count). The zero-order valence-electron chi connectivity index (χ0n) is 19.6. The first-order valence-corrected chi connectivity index (χ1v) is 10.9. The highest BCUT2D eigenvalue weighted by atomic mass is 35.5. The van der Waals surface area contributed by atoms with Crippen molar-refractivity contribution < 1.29 is 23.9 Å². The highest BCUT2D eigenvalue weighted by Crippen LogP contribution is 2.29. The SMILES string of the molecule is COc1cc(/C(C)=N/NC(=O)C(=O)Nc2ccc(C)c(C)c2)ccc1OC(=O)c1cccc(Cl)c1. The van der Waals surface area contributed by atoms with Crippen LogP contribution in [-0.4, -0.2) is 30.6 Å². The Labute approximate surface area is 207 Å². The minimum absolute atomic E-state index is 0.200. The molecule has 0 aromatic heterocycles. The predicted octanol–water partition coefficient (Wildman–Crippen LogP) is 4.66. The summed E-state index contributed by atoms with van der Waals surface area (Å²) in [5, 5.41) is 6.94. The fourth-order valence-corrected chi connectivity index (χ4v) is 3.20. The van der Waals surface area contributed by atoms with Crippen LogP contribution in [0.2, 0.25) is 5.02 Å². The largest absolute Gasteiger partial charge is 0.493 e. The molecule has 0 atom stereocenters. The van der Waals surface area contributed by atoms with Gasteiger partial charge in [-0.1, -0.05) is 23.7 Å². The first-order chi connectivity index (χ1) is 16.7. The number of halogens is 1. The summed E-state index contributed by atoms with van der Waals surface area (Å²) in [6, 6.07) is 16.5. The van der Waals surface area contributed by atoms with Crippen LogP contribution in [0.25, 0.3) is 0 Å². The molecule has 0 saturated carbocycles.